The van der Waals surface area contributed by atoms with Gasteiger partial charge in [-0.05, 0) is 43.9 Å². The van der Waals surface area contributed by atoms with Crippen molar-refractivity contribution in [2.24, 2.45) is 5.92 Å². The van der Waals surface area contributed by atoms with Gasteiger partial charge in [-0.25, -0.2) is 13.8 Å². The number of halogens is 2. The Morgan fingerprint density at radius 2 is 2.03 bits per heavy atom. The van der Waals surface area contributed by atoms with E-state index in [1.807, 2.05) is 5.38 Å². The molecule has 1 saturated heterocycles. The number of nitrogens with zero attached hydrogens (tertiary/aromatic N) is 2. The largest absolute Gasteiger partial charge is 0.350 e. The molecule has 1 saturated carbocycles. The number of benzene rings is 1. The number of thiazole rings is 1. The maximum Gasteiger partial charge on any atom is 0.256 e. The predicted octanol–water partition coefficient (Wildman–Crippen LogP) is 3.86. The summed E-state index contributed by atoms with van der Waals surface area (Å²) in [4.78, 5) is 30.9. The average Bonchev–Trinajstić information content (AvgIpc) is 3.15. The summed E-state index contributed by atoms with van der Waals surface area (Å²) in [6.07, 6.45) is 4.71. The minimum absolute atomic E-state index is 0.0606. The molecule has 2 fully saturated rings. The van der Waals surface area contributed by atoms with Gasteiger partial charge in [0.25, 0.3) is 5.91 Å². The molecule has 2 amide bonds. The Morgan fingerprint density at radius 3 is 2.79 bits per heavy atom. The van der Waals surface area contributed by atoms with Crippen molar-refractivity contribution in [1.82, 2.24) is 15.2 Å². The van der Waals surface area contributed by atoms with Gasteiger partial charge in [-0.2, -0.15) is 0 Å². The average molecular weight is 419 g/mol. The van der Waals surface area contributed by atoms with Crippen LogP contribution in [0.4, 0.5) is 8.78 Å². The highest BCUT2D eigenvalue weighted by atomic mass is 32.1. The molecule has 1 aromatic carbocycles. The lowest BCUT2D eigenvalue weighted by Gasteiger charge is -2.32. The van der Waals surface area contributed by atoms with Crippen LogP contribution in [0.2, 0.25) is 0 Å². The van der Waals surface area contributed by atoms with Gasteiger partial charge in [0.1, 0.15) is 11.6 Å². The highest BCUT2D eigenvalue weighted by Gasteiger charge is 2.29. The van der Waals surface area contributed by atoms with Crippen LogP contribution in [0.25, 0.3) is 0 Å². The maximum absolute atomic E-state index is 14.0. The molecule has 1 unspecified atom stereocenters. The molecule has 2 aliphatic rings. The van der Waals surface area contributed by atoms with Gasteiger partial charge < -0.3 is 10.2 Å². The first-order valence-corrected chi connectivity index (χ1v) is 10.9. The zero-order chi connectivity index (χ0) is 20.4. The minimum Gasteiger partial charge on any atom is -0.350 e. The first-order valence-electron chi connectivity index (χ1n) is 9.97. The van der Waals surface area contributed by atoms with Crippen LogP contribution in [-0.2, 0) is 11.3 Å². The zero-order valence-corrected chi connectivity index (χ0v) is 16.8. The van der Waals surface area contributed by atoms with Crippen LogP contribution in [0.5, 0.6) is 0 Å². The number of likely N-dealkylation sites (tertiary alicyclic amines) is 1. The van der Waals surface area contributed by atoms with Crippen LogP contribution in [-0.4, -0.2) is 34.8 Å². The molecule has 1 aromatic heterocycles. The van der Waals surface area contributed by atoms with E-state index < -0.39 is 17.5 Å². The molecule has 2 aromatic rings. The summed E-state index contributed by atoms with van der Waals surface area (Å²) < 4.78 is 27.4. The second kappa shape index (κ2) is 8.57. The van der Waals surface area contributed by atoms with Crippen molar-refractivity contribution in [3.05, 3.63) is 51.5 Å². The topological polar surface area (TPSA) is 62.3 Å². The molecule has 1 atom stereocenters. The van der Waals surface area contributed by atoms with E-state index in [1.165, 1.54) is 11.3 Å². The third-order valence-corrected chi connectivity index (χ3v) is 6.76. The van der Waals surface area contributed by atoms with E-state index in [1.54, 1.807) is 4.90 Å². The quantitative estimate of drug-likeness (QED) is 0.801. The first kappa shape index (κ1) is 19.9. The Labute approximate surface area is 172 Å². The number of carbonyl (C=O) groups is 2. The molecular formula is C21H23F2N3O2S. The first-order chi connectivity index (χ1) is 14.0. The van der Waals surface area contributed by atoms with E-state index in [4.69, 9.17) is 0 Å². The molecule has 1 aliphatic carbocycles. The van der Waals surface area contributed by atoms with Crippen molar-refractivity contribution >= 4 is 23.2 Å². The molecule has 0 spiro atoms. The van der Waals surface area contributed by atoms with Gasteiger partial charge in [-0.1, -0.05) is 6.42 Å². The van der Waals surface area contributed by atoms with Crippen molar-refractivity contribution in [2.75, 3.05) is 13.1 Å². The molecular weight excluding hydrogens is 396 g/mol. The van der Waals surface area contributed by atoms with Crippen molar-refractivity contribution in [3.63, 3.8) is 0 Å². The SMILES string of the molecule is O=C(NCc1csc(C2CCCN(C(=O)c3cc(F)ccc3F)C2)n1)C1CCC1. The lowest BCUT2D eigenvalue weighted by Crippen LogP contribution is -2.39. The highest BCUT2D eigenvalue weighted by molar-refractivity contribution is 7.09. The smallest absolute Gasteiger partial charge is 0.256 e. The second-order valence-electron chi connectivity index (χ2n) is 7.74. The molecule has 8 heteroatoms. The minimum atomic E-state index is -0.711. The zero-order valence-electron chi connectivity index (χ0n) is 16.0. The normalized spacial score (nSPS) is 19.7. The van der Waals surface area contributed by atoms with E-state index in [-0.39, 0.29) is 23.3 Å². The van der Waals surface area contributed by atoms with Crippen LogP contribution in [0.1, 0.15) is 59.1 Å². The fourth-order valence-corrected chi connectivity index (χ4v) is 4.73. The molecule has 4 rings (SSSR count). The molecule has 2 heterocycles. The Bertz CT molecular complexity index is 913. The van der Waals surface area contributed by atoms with Gasteiger partial charge in [0.15, 0.2) is 0 Å². The van der Waals surface area contributed by atoms with Crippen LogP contribution in [0.3, 0.4) is 0 Å². The van der Waals surface area contributed by atoms with Crippen LogP contribution in [0.15, 0.2) is 23.6 Å². The van der Waals surface area contributed by atoms with Gasteiger partial charge in [-0.15, -0.1) is 11.3 Å². The van der Waals surface area contributed by atoms with Crippen molar-refractivity contribution < 1.29 is 18.4 Å². The summed E-state index contributed by atoms with van der Waals surface area (Å²) in [6.45, 7) is 1.35. The van der Waals surface area contributed by atoms with E-state index in [9.17, 15) is 18.4 Å². The third-order valence-electron chi connectivity index (χ3n) is 5.71. The van der Waals surface area contributed by atoms with E-state index in [0.717, 1.165) is 61.0 Å². The summed E-state index contributed by atoms with van der Waals surface area (Å²) in [5, 5.41) is 5.79. The number of carbonyl (C=O) groups excluding carboxylic acids is 2. The van der Waals surface area contributed by atoms with E-state index in [2.05, 4.69) is 10.3 Å². The number of amides is 2. The van der Waals surface area contributed by atoms with Crippen molar-refractivity contribution in [1.29, 1.82) is 0 Å². The van der Waals surface area contributed by atoms with E-state index >= 15 is 0 Å². The fraction of sp³-hybridized carbons (Fsp3) is 0.476. The molecule has 1 aliphatic heterocycles. The lowest BCUT2D eigenvalue weighted by molar-refractivity contribution is -0.127. The third kappa shape index (κ3) is 4.47. The number of hydrogen-bond acceptors (Lipinski definition) is 4. The second-order valence-corrected chi connectivity index (χ2v) is 8.63. The maximum atomic E-state index is 14.0. The summed E-state index contributed by atoms with van der Waals surface area (Å²) in [5.41, 5.74) is 0.585. The summed E-state index contributed by atoms with van der Waals surface area (Å²) in [6, 6.07) is 2.94. The standard InChI is InChI=1S/C21H23F2N3O2S/c22-15-6-7-18(23)17(9-15)21(28)26-8-2-5-14(11-26)20-25-16(12-29-20)10-24-19(27)13-3-1-4-13/h6-7,9,12-14H,1-5,8,10-11H2,(H,24,27). The lowest BCUT2D eigenvalue weighted by atomic mass is 9.85. The van der Waals surface area contributed by atoms with Gasteiger partial charge >= 0.3 is 0 Å². The number of rotatable bonds is 5. The van der Waals surface area contributed by atoms with Crippen LogP contribution < -0.4 is 5.32 Å². The highest BCUT2D eigenvalue weighted by Crippen LogP contribution is 2.31. The Balaban J connectivity index is 1.38. The summed E-state index contributed by atoms with van der Waals surface area (Å²) in [5.74, 6) is -1.53. The molecule has 154 valence electrons. The molecule has 1 N–H and O–H groups in total. The molecule has 29 heavy (non-hydrogen) atoms. The number of hydrogen-bond donors (Lipinski definition) is 1. The van der Waals surface area contributed by atoms with Gasteiger partial charge in [-0.3, -0.25) is 9.59 Å². The van der Waals surface area contributed by atoms with Crippen molar-refractivity contribution in [3.8, 4) is 0 Å². The molecule has 0 radical (unpaired) electrons. The Kier molecular flexibility index (Phi) is 5.89. The monoisotopic (exact) mass is 419 g/mol. The van der Waals surface area contributed by atoms with Crippen LogP contribution >= 0.6 is 11.3 Å². The fourth-order valence-electron chi connectivity index (χ4n) is 3.78. The molecule has 5 nitrogen and oxygen atoms in total. The van der Waals surface area contributed by atoms with E-state index in [0.29, 0.717) is 19.6 Å². The Morgan fingerprint density at radius 1 is 1.21 bits per heavy atom. The number of nitrogens with one attached hydrogen (secondary N) is 1. The number of piperidine rings is 1. The number of aromatic nitrogens is 1. The summed E-state index contributed by atoms with van der Waals surface area (Å²) >= 11 is 1.52. The van der Waals surface area contributed by atoms with Gasteiger partial charge in [0.2, 0.25) is 5.91 Å². The summed E-state index contributed by atoms with van der Waals surface area (Å²) in [7, 11) is 0. The predicted molar refractivity (Wildman–Crippen MR) is 106 cm³/mol. The van der Waals surface area contributed by atoms with Gasteiger partial charge in [0.05, 0.1) is 22.8 Å². The van der Waals surface area contributed by atoms with Crippen molar-refractivity contribution in [2.45, 2.75) is 44.6 Å². The Hall–Kier alpha value is -2.35. The van der Waals surface area contributed by atoms with Crippen LogP contribution in [0, 0.1) is 17.6 Å². The molecule has 0 bridgehead atoms. The van der Waals surface area contributed by atoms with Gasteiger partial charge in [0, 0.05) is 30.3 Å².